The maximum atomic E-state index is 12.2. The molecule has 1 saturated heterocycles. The number of morpholine rings is 1. The average Bonchev–Trinajstić information content (AvgIpc) is 3.04. The zero-order valence-electron chi connectivity index (χ0n) is 15.2. The van der Waals surface area contributed by atoms with Gasteiger partial charge in [-0.1, -0.05) is 12.1 Å². The number of ether oxygens (including phenoxy) is 1. The van der Waals surface area contributed by atoms with Gasteiger partial charge in [-0.25, -0.2) is 0 Å². The summed E-state index contributed by atoms with van der Waals surface area (Å²) in [4.78, 5) is 21.0. The van der Waals surface area contributed by atoms with Gasteiger partial charge >= 0.3 is 0 Å². The Balaban J connectivity index is 0.00000243. The van der Waals surface area contributed by atoms with Crippen molar-refractivity contribution in [2.75, 3.05) is 58.3 Å². The van der Waals surface area contributed by atoms with Crippen molar-refractivity contribution in [2.24, 2.45) is 4.99 Å². The molecule has 0 aliphatic carbocycles. The Kier molecular flexibility index (Phi) is 8.60. The second kappa shape index (κ2) is 10.7. The lowest BCUT2D eigenvalue weighted by Gasteiger charge is -2.26. The van der Waals surface area contributed by atoms with Gasteiger partial charge in [0.2, 0.25) is 5.91 Å². The van der Waals surface area contributed by atoms with Crippen LogP contribution >= 0.6 is 24.0 Å². The van der Waals surface area contributed by atoms with E-state index in [1.165, 1.54) is 0 Å². The molecule has 2 aliphatic heterocycles. The van der Waals surface area contributed by atoms with Gasteiger partial charge in [-0.3, -0.25) is 14.7 Å². The van der Waals surface area contributed by atoms with E-state index in [-0.39, 0.29) is 29.9 Å². The molecule has 3 rings (SSSR count). The van der Waals surface area contributed by atoms with Crippen molar-refractivity contribution in [1.29, 1.82) is 0 Å². The first-order chi connectivity index (χ1) is 12.2. The fourth-order valence-corrected chi connectivity index (χ4v) is 2.97. The third-order valence-electron chi connectivity index (χ3n) is 4.48. The van der Waals surface area contributed by atoms with E-state index in [0.717, 1.165) is 63.1 Å². The molecule has 0 spiro atoms. The lowest BCUT2D eigenvalue weighted by molar-refractivity contribution is -0.116. The fraction of sp³-hybridized carbons (Fsp3) is 0.556. The predicted molar refractivity (Wildman–Crippen MR) is 114 cm³/mol. The minimum Gasteiger partial charge on any atom is -0.379 e. The Morgan fingerprint density at radius 1 is 1.27 bits per heavy atom. The van der Waals surface area contributed by atoms with Crippen molar-refractivity contribution < 1.29 is 9.53 Å². The van der Waals surface area contributed by atoms with Gasteiger partial charge in [-0.05, 0) is 17.7 Å². The third-order valence-corrected chi connectivity index (χ3v) is 4.48. The lowest BCUT2D eigenvalue weighted by Crippen LogP contribution is -2.38. The number of rotatable bonds is 6. The molecule has 0 bridgehead atoms. The number of nitrogens with zero attached hydrogens (tertiary/aromatic N) is 3. The molecule has 8 heteroatoms. The van der Waals surface area contributed by atoms with E-state index < -0.39 is 0 Å². The van der Waals surface area contributed by atoms with Crippen LogP contribution in [0.5, 0.6) is 0 Å². The van der Waals surface area contributed by atoms with Crippen LogP contribution in [0.4, 0.5) is 5.69 Å². The monoisotopic (exact) mass is 473 g/mol. The number of aliphatic imine (C=N–C) groups is 1. The molecule has 144 valence electrons. The highest BCUT2D eigenvalue weighted by Crippen LogP contribution is 2.11. The van der Waals surface area contributed by atoms with Crippen molar-refractivity contribution in [3.8, 4) is 0 Å². The molecular formula is C18H28IN5O2. The second-order valence-corrected chi connectivity index (χ2v) is 6.43. The van der Waals surface area contributed by atoms with E-state index in [2.05, 4.69) is 25.4 Å². The van der Waals surface area contributed by atoms with Gasteiger partial charge in [0.25, 0.3) is 0 Å². The maximum absolute atomic E-state index is 12.2. The lowest BCUT2D eigenvalue weighted by atomic mass is 10.2. The van der Waals surface area contributed by atoms with Gasteiger partial charge in [0.05, 0.1) is 19.8 Å². The molecule has 0 saturated carbocycles. The predicted octanol–water partition coefficient (Wildman–Crippen LogP) is 1.36. The molecule has 1 amide bonds. The Hall–Kier alpha value is -1.39. The minimum atomic E-state index is 0. The van der Waals surface area contributed by atoms with Crippen LogP contribution in [0.3, 0.4) is 0 Å². The Morgan fingerprint density at radius 3 is 2.81 bits per heavy atom. The minimum absolute atomic E-state index is 0. The molecule has 26 heavy (non-hydrogen) atoms. The standard InChI is InChI=1S/C18H27N5O2.HI/c1-22-8-6-19-18(22)20-14-15-3-2-4-16(13-15)21-17(24)5-7-23-9-11-25-12-10-23;/h2-4,13H,5-12,14H2,1H3,(H,19,20)(H,21,24);1H. The largest absolute Gasteiger partial charge is 0.379 e. The molecule has 2 heterocycles. The normalized spacial score (nSPS) is 17.4. The molecule has 0 radical (unpaired) electrons. The van der Waals surface area contributed by atoms with Crippen LogP contribution in [0, 0.1) is 0 Å². The number of nitrogens with one attached hydrogen (secondary N) is 2. The van der Waals surface area contributed by atoms with Crippen LogP contribution in [0.2, 0.25) is 0 Å². The number of guanidine groups is 1. The van der Waals surface area contributed by atoms with E-state index in [9.17, 15) is 4.79 Å². The third kappa shape index (κ3) is 6.40. The van der Waals surface area contributed by atoms with Crippen molar-refractivity contribution in [1.82, 2.24) is 15.1 Å². The highest BCUT2D eigenvalue weighted by molar-refractivity contribution is 14.0. The molecule has 2 aliphatic rings. The summed E-state index contributed by atoms with van der Waals surface area (Å²) in [6.45, 7) is 6.62. The smallest absolute Gasteiger partial charge is 0.225 e. The van der Waals surface area contributed by atoms with Crippen LogP contribution in [-0.4, -0.2) is 74.7 Å². The summed E-state index contributed by atoms with van der Waals surface area (Å²) in [5.41, 5.74) is 1.96. The summed E-state index contributed by atoms with van der Waals surface area (Å²) in [7, 11) is 2.03. The van der Waals surface area contributed by atoms with E-state index in [1.54, 1.807) is 0 Å². The molecule has 1 aromatic rings. The zero-order chi connectivity index (χ0) is 17.5. The van der Waals surface area contributed by atoms with E-state index >= 15 is 0 Å². The SMILES string of the molecule is CN1CCN=C1NCc1cccc(NC(=O)CCN2CCOCC2)c1.I. The average molecular weight is 473 g/mol. The highest BCUT2D eigenvalue weighted by Gasteiger charge is 2.13. The van der Waals surface area contributed by atoms with Gasteiger partial charge < -0.3 is 20.3 Å². The van der Waals surface area contributed by atoms with Crippen LogP contribution in [0.25, 0.3) is 0 Å². The maximum Gasteiger partial charge on any atom is 0.225 e. The molecule has 0 aromatic heterocycles. The fourth-order valence-electron chi connectivity index (χ4n) is 2.97. The number of hydrogen-bond donors (Lipinski definition) is 2. The molecule has 1 fully saturated rings. The van der Waals surface area contributed by atoms with Crippen molar-refractivity contribution in [3.05, 3.63) is 29.8 Å². The summed E-state index contributed by atoms with van der Waals surface area (Å²) >= 11 is 0. The Morgan fingerprint density at radius 2 is 2.08 bits per heavy atom. The number of halogens is 1. The topological polar surface area (TPSA) is 69.2 Å². The van der Waals surface area contributed by atoms with Gasteiger partial charge in [-0.15, -0.1) is 24.0 Å². The molecule has 7 nitrogen and oxygen atoms in total. The number of anilines is 1. The van der Waals surface area contributed by atoms with Crippen molar-refractivity contribution in [2.45, 2.75) is 13.0 Å². The first kappa shape index (κ1) is 20.9. The number of carbonyl (C=O) groups is 1. The van der Waals surface area contributed by atoms with E-state index in [4.69, 9.17) is 4.74 Å². The molecule has 0 atom stereocenters. The Labute approximate surface area is 172 Å². The highest BCUT2D eigenvalue weighted by atomic mass is 127. The van der Waals surface area contributed by atoms with Crippen LogP contribution in [0.15, 0.2) is 29.3 Å². The summed E-state index contributed by atoms with van der Waals surface area (Å²) in [6, 6.07) is 7.95. The van der Waals surface area contributed by atoms with Gasteiger partial charge in [-0.2, -0.15) is 0 Å². The van der Waals surface area contributed by atoms with Gasteiger partial charge in [0.15, 0.2) is 5.96 Å². The van der Waals surface area contributed by atoms with Crippen LogP contribution in [-0.2, 0) is 16.1 Å². The molecule has 2 N–H and O–H groups in total. The first-order valence-electron chi connectivity index (χ1n) is 8.89. The number of benzene rings is 1. The molecule has 0 unspecified atom stereocenters. The number of likely N-dealkylation sites (N-methyl/N-ethyl adjacent to an activating group) is 1. The number of hydrogen-bond acceptors (Lipinski definition) is 6. The summed E-state index contributed by atoms with van der Waals surface area (Å²) in [5.74, 6) is 0.983. The Bertz CT molecular complexity index is 619. The summed E-state index contributed by atoms with van der Waals surface area (Å²) < 4.78 is 5.32. The summed E-state index contributed by atoms with van der Waals surface area (Å²) in [6.07, 6.45) is 0.504. The van der Waals surface area contributed by atoms with E-state index in [1.807, 2.05) is 31.3 Å². The molecular weight excluding hydrogens is 445 g/mol. The van der Waals surface area contributed by atoms with Crippen LogP contribution in [0.1, 0.15) is 12.0 Å². The van der Waals surface area contributed by atoms with E-state index in [0.29, 0.717) is 13.0 Å². The summed E-state index contributed by atoms with van der Waals surface area (Å²) in [5, 5.41) is 6.33. The first-order valence-corrected chi connectivity index (χ1v) is 8.89. The van der Waals surface area contributed by atoms with Gasteiger partial charge in [0.1, 0.15) is 0 Å². The molecule has 1 aromatic carbocycles. The van der Waals surface area contributed by atoms with Crippen molar-refractivity contribution >= 4 is 41.5 Å². The van der Waals surface area contributed by atoms with Crippen LogP contribution < -0.4 is 10.6 Å². The van der Waals surface area contributed by atoms with Gasteiger partial charge in [0, 0.05) is 51.9 Å². The second-order valence-electron chi connectivity index (χ2n) is 6.43. The number of amides is 1. The van der Waals surface area contributed by atoms with Crippen molar-refractivity contribution in [3.63, 3.8) is 0 Å². The quantitative estimate of drug-likeness (QED) is 0.611. The zero-order valence-corrected chi connectivity index (χ0v) is 17.6. The number of carbonyl (C=O) groups excluding carboxylic acids is 1.